The fourth-order valence-corrected chi connectivity index (χ4v) is 1.80. The van der Waals surface area contributed by atoms with E-state index in [1.807, 2.05) is 30.3 Å². The Morgan fingerprint density at radius 1 is 0.955 bits per heavy atom. The van der Waals surface area contributed by atoms with Crippen molar-refractivity contribution in [2.45, 2.75) is 20.0 Å². The summed E-state index contributed by atoms with van der Waals surface area (Å²) in [6, 6.07) is 16.6. The molecule has 0 aliphatic heterocycles. The first-order valence-corrected chi connectivity index (χ1v) is 7.05. The number of hydrazine groups is 1. The van der Waals surface area contributed by atoms with Crippen LogP contribution in [0.4, 0.5) is 0 Å². The third-order valence-electron chi connectivity index (χ3n) is 3.01. The molecule has 2 amide bonds. The number of nitrogens with one attached hydrogen (secondary N) is 2. The topological polar surface area (TPSA) is 67.4 Å². The van der Waals surface area contributed by atoms with Crippen molar-refractivity contribution in [3.63, 3.8) is 0 Å². The fraction of sp³-hybridized carbons (Fsp3) is 0.176. The molecule has 22 heavy (non-hydrogen) atoms. The van der Waals surface area contributed by atoms with Crippen LogP contribution in [0.5, 0.6) is 5.75 Å². The van der Waals surface area contributed by atoms with Crippen LogP contribution in [0, 0.1) is 0 Å². The second-order valence-electron chi connectivity index (χ2n) is 4.63. The molecule has 0 saturated carbocycles. The fourth-order valence-electron chi connectivity index (χ4n) is 1.80. The van der Waals surface area contributed by atoms with Gasteiger partial charge in [-0.05, 0) is 17.7 Å². The van der Waals surface area contributed by atoms with Gasteiger partial charge in [-0.2, -0.15) is 0 Å². The zero-order valence-corrected chi connectivity index (χ0v) is 12.3. The Bertz CT molecular complexity index is 641. The Morgan fingerprint density at radius 3 is 2.36 bits per heavy atom. The van der Waals surface area contributed by atoms with Gasteiger partial charge in [0.05, 0.1) is 5.56 Å². The number of carbonyl (C=O) groups excluding carboxylic acids is 2. The molecule has 2 N–H and O–H groups in total. The molecule has 0 heterocycles. The Balaban J connectivity index is 2.03. The number of rotatable bonds is 5. The first kappa shape index (κ1) is 15.6. The molecule has 0 atom stereocenters. The summed E-state index contributed by atoms with van der Waals surface area (Å²) in [5.74, 6) is -0.198. The zero-order chi connectivity index (χ0) is 15.8. The molecule has 0 aliphatic carbocycles. The molecule has 0 saturated heterocycles. The van der Waals surface area contributed by atoms with Crippen molar-refractivity contribution in [2.75, 3.05) is 0 Å². The molecular weight excluding hydrogens is 280 g/mol. The standard InChI is InChI=1S/C17H18N2O3/c1-2-16(20)18-19-17(21)14-10-6-7-11-15(14)22-12-13-8-4-3-5-9-13/h3-11H,2,12H2,1H3,(H,18,20)(H,19,21). The third-order valence-corrected chi connectivity index (χ3v) is 3.01. The molecule has 5 heteroatoms. The monoisotopic (exact) mass is 298 g/mol. The molecule has 5 nitrogen and oxygen atoms in total. The van der Waals surface area contributed by atoms with E-state index in [-0.39, 0.29) is 5.91 Å². The van der Waals surface area contributed by atoms with Crippen molar-refractivity contribution < 1.29 is 14.3 Å². The zero-order valence-electron chi connectivity index (χ0n) is 12.3. The Labute approximate surface area is 129 Å². The summed E-state index contributed by atoms with van der Waals surface area (Å²) in [7, 11) is 0. The van der Waals surface area contributed by atoms with E-state index in [1.54, 1.807) is 31.2 Å². The molecule has 0 unspecified atom stereocenters. The maximum atomic E-state index is 12.1. The average molecular weight is 298 g/mol. The van der Waals surface area contributed by atoms with E-state index in [1.165, 1.54) is 0 Å². The molecule has 0 bridgehead atoms. The highest BCUT2D eigenvalue weighted by atomic mass is 16.5. The molecule has 0 radical (unpaired) electrons. The van der Waals surface area contributed by atoms with E-state index < -0.39 is 5.91 Å². The minimum Gasteiger partial charge on any atom is -0.488 e. The molecule has 0 fully saturated rings. The van der Waals surface area contributed by atoms with Crippen LogP contribution in [0.2, 0.25) is 0 Å². The van der Waals surface area contributed by atoms with Gasteiger partial charge >= 0.3 is 0 Å². The number of amides is 2. The number of benzene rings is 2. The van der Waals surface area contributed by atoms with Gasteiger partial charge in [-0.3, -0.25) is 20.4 Å². The highest BCUT2D eigenvalue weighted by Crippen LogP contribution is 2.19. The van der Waals surface area contributed by atoms with Crippen LogP contribution in [0.25, 0.3) is 0 Å². The van der Waals surface area contributed by atoms with E-state index in [2.05, 4.69) is 10.9 Å². The minimum absolute atomic E-state index is 0.254. The summed E-state index contributed by atoms with van der Waals surface area (Å²) in [5.41, 5.74) is 6.09. The van der Waals surface area contributed by atoms with Crippen molar-refractivity contribution in [3.8, 4) is 5.75 Å². The van der Waals surface area contributed by atoms with E-state index >= 15 is 0 Å². The van der Waals surface area contributed by atoms with Gasteiger partial charge in [-0.1, -0.05) is 49.4 Å². The normalized spacial score (nSPS) is 9.86. The summed E-state index contributed by atoms with van der Waals surface area (Å²) in [5, 5.41) is 0. The molecular formula is C17H18N2O3. The molecule has 2 rings (SSSR count). The maximum Gasteiger partial charge on any atom is 0.273 e. The van der Waals surface area contributed by atoms with Gasteiger partial charge < -0.3 is 4.74 Å². The van der Waals surface area contributed by atoms with E-state index in [9.17, 15) is 9.59 Å². The molecule has 0 aliphatic rings. The van der Waals surface area contributed by atoms with E-state index in [0.29, 0.717) is 24.3 Å². The first-order chi connectivity index (χ1) is 10.7. The Kier molecular flexibility index (Phi) is 5.54. The highest BCUT2D eigenvalue weighted by molar-refractivity contribution is 5.97. The van der Waals surface area contributed by atoms with E-state index in [4.69, 9.17) is 4.74 Å². The predicted octanol–water partition coefficient (Wildman–Crippen LogP) is 2.44. The van der Waals surface area contributed by atoms with Crippen molar-refractivity contribution in [3.05, 3.63) is 65.7 Å². The lowest BCUT2D eigenvalue weighted by Gasteiger charge is -2.12. The number of para-hydroxylation sites is 1. The number of hydrogen-bond donors (Lipinski definition) is 2. The predicted molar refractivity (Wildman–Crippen MR) is 83.1 cm³/mol. The summed E-state index contributed by atoms with van der Waals surface area (Å²) in [6.45, 7) is 2.07. The van der Waals surface area contributed by atoms with Crippen molar-refractivity contribution in [1.82, 2.24) is 10.9 Å². The van der Waals surface area contributed by atoms with E-state index in [0.717, 1.165) is 5.56 Å². The van der Waals surface area contributed by atoms with Gasteiger partial charge in [0.2, 0.25) is 5.91 Å². The second-order valence-corrected chi connectivity index (χ2v) is 4.63. The van der Waals surface area contributed by atoms with Crippen molar-refractivity contribution in [2.24, 2.45) is 0 Å². The average Bonchev–Trinajstić information content (AvgIpc) is 2.58. The molecule has 2 aromatic carbocycles. The Hall–Kier alpha value is -2.82. The summed E-state index contributed by atoms with van der Waals surface area (Å²) in [4.78, 5) is 23.3. The first-order valence-electron chi connectivity index (χ1n) is 7.05. The molecule has 114 valence electrons. The van der Waals surface area contributed by atoms with Crippen LogP contribution in [-0.2, 0) is 11.4 Å². The number of ether oxygens (including phenoxy) is 1. The smallest absolute Gasteiger partial charge is 0.273 e. The van der Waals surface area contributed by atoms with Gasteiger partial charge in [0.1, 0.15) is 12.4 Å². The van der Waals surface area contributed by atoms with Crippen LogP contribution in [0.1, 0.15) is 29.3 Å². The number of hydrogen-bond acceptors (Lipinski definition) is 3. The maximum absolute atomic E-state index is 12.1. The minimum atomic E-state index is -0.412. The van der Waals surface area contributed by atoms with Crippen LogP contribution < -0.4 is 15.6 Å². The van der Waals surface area contributed by atoms with Crippen LogP contribution in [0.3, 0.4) is 0 Å². The lowest BCUT2D eigenvalue weighted by Crippen LogP contribution is -2.41. The van der Waals surface area contributed by atoms with Gasteiger partial charge in [-0.25, -0.2) is 0 Å². The third kappa shape index (κ3) is 4.34. The molecule has 2 aromatic rings. The van der Waals surface area contributed by atoms with Crippen LogP contribution in [-0.4, -0.2) is 11.8 Å². The van der Waals surface area contributed by atoms with Gasteiger partial charge in [0.25, 0.3) is 5.91 Å². The quantitative estimate of drug-likeness (QED) is 0.833. The van der Waals surface area contributed by atoms with Crippen molar-refractivity contribution in [1.29, 1.82) is 0 Å². The largest absolute Gasteiger partial charge is 0.488 e. The van der Waals surface area contributed by atoms with Gasteiger partial charge in [-0.15, -0.1) is 0 Å². The van der Waals surface area contributed by atoms with Gasteiger partial charge in [0, 0.05) is 6.42 Å². The highest BCUT2D eigenvalue weighted by Gasteiger charge is 2.12. The van der Waals surface area contributed by atoms with Crippen LogP contribution in [0.15, 0.2) is 54.6 Å². The van der Waals surface area contributed by atoms with Crippen LogP contribution >= 0.6 is 0 Å². The Morgan fingerprint density at radius 2 is 1.64 bits per heavy atom. The number of carbonyl (C=O) groups is 2. The summed E-state index contributed by atoms with van der Waals surface area (Å²) < 4.78 is 5.70. The lowest BCUT2D eigenvalue weighted by molar-refractivity contribution is -0.121. The van der Waals surface area contributed by atoms with Crippen molar-refractivity contribution >= 4 is 11.8 Å². The second kappa shape index (κ2) is 7.83. The summed E-state index contributed by atoms with van der Waals surface area (Å²) in [6.07, 6.45) is 0.298. The lowest BCUT2D eigenvalue weighted by atomic mass is 10.2. The summed E-state index contributed by atoms with van der Waals surface area (Å²) >= 11 is 0. The molecule has 0 aromatic heterocycles. The SMILES string of the molecule is CCC(=O)NNC(=O)c1ccccc1OCc1ccccc1. The van der Waals surface area contributed by atoms with Gasteiger partial charge in [0.15, 0.2) is 0 Å². The molecule has 0 spiro atoms.